The molecule has 1 aromatic carbocycles. The summed E-state index contributed by atoms with van der Waals surface area (Å²) in [7, 11) is -3.53. The third-order valence-electron chi connectivity index (χ3n) is 3.54. The summed E-state index contributed by atoms with van der Waals surface area (Å²) in [6.45, 7) is 8.50. The second-order valence-electron chi connectivity index (χ2n) is 6.43. The quantitative estimate of drug-likeness (QED) is 0.836. The molecule has 2 rings (SSSR count). The third-order valence-corrected chi connectivity index (χ3v) is 5.09. The SMILES string of the molecule is CCOc1ccccc1CS(=O)(=O)c1cc(C(C)(C)C)ccn1. The number of aromatic nitrogens is 1. The van der Waals surface area contributed by atoms with Crippen LogP contribution >= 0.6 is 0 Å². The maximum Gasteiger partial charge on any atom is 0.199 e. The van der Waals surface area contributed by atoms with Crippen molar-refractivity contribution in [1.82, 2.24) is 4.98 Å². The van der Waals surface area contributed by atoms with Gasteiger partial charge in [-0.3, -0.25) is 0 Å². The lowest BCUT2D eigenvalue weighted by Crippen LogP contribution is -2.14. The number of benzene rings is 1. The molecule has 2 aromatic rings. The van der Waals surface area contributed by atoms with Crippen molar-refractivity contribution in [3.05, 3.63) is 53.7 Å². The van der Waals surface area contributed by atoms with E-state index in [4.69, 9.17) is 4.74 Å². The number of hydrogen-bond acceptors (Lipinski definition) is 4. The van der Waals surface area contributed by atoms with Gasteiger partial charge in [0.1, 0.15) is 5.75 Å². The van der Waals surface area contributed by atoms with Crippen molar-refractivity contribution in [3.8, 4) is 5.75 Å². The van der Waals surface area contributed by atoms with Crippen molar-refractivity contribution in [2.45, 2.75) is 43.9 Å². The highest BCUT2D eigenvalue weighted by molar-refractivity contribution is 7.90. The fourth-order valence-electron chi connectivity index (χ4n) is 2.24. The van der Waals surface area contributed by atoms with Crippen LogP contribution in [0, 0.1) is 0 Å². The Morgan fingerprint density at radius 2 is 1.83 bits per heavy atom. The fourth-order valence-corrected chi connectivity index (χ4v) is 3.57. The molecule has 5 heteroatoms. The van der Waals surface area contributed by atoms with Gasteiger partial charge in [0.05, 0.1) is 12.4 Å². The standard InChI is InChI=1S/C18H23NO3S/c1-5-22-16-9-7-6-8-14(16)13-23(20,21)17-12-15(10-11-19-17)18(2,3)4/h6-12H,5,13H2,1-4H3. The monoisotopic (exact) mass is 333 g/mol. The van der Waals surface area contributed by atoms with Crippen LogP contribution in [0.4, 0.5) is 0 Å². The third kappa shape index (κ3) is 4.32. The summed E-state index contributed by atoms with van der Waals surface area (Å²) < 4.78 is 31.0. The van der Waals surface area contributed by atoms with Crippen LogP contribution in [0.1, 0.15) is 38.8 Å². The predicted molar refractivity (Wildman–Crippen MR) is 91.4 cm³/mol. The van der Waals surface area contributed by atoms with Crippen molar-refractivity contribution < 1.29 is 13.2 Å². The number of rotatable bonds is 5. The fraction of sp³-hybridized carbons (Fsp3) is 0.389. The zero-order valence-corrected chi connectivity index (χ0v) is 14.9. The number of hydrogen-bond donors (Lipinski definition) is 0. The molecule has 23 heavy (non-hydrogen) atoms. The lowest BCUT2D eigenvalue weighted by atomic mass is 9.88. The summed E-state index contributed by atoms with van der Waals surface area (Å²) in [6.07, 6.45) is 1.56. The molecule has 0 aliphatic rings. The zero-order chi connectivity index (χ0) is 17.1. The maximum atomic E-state index is 12.7. The molecule has 0 aliphatic carbocycles. The van der Waals surface area contributed by atoms with Crippen molar-refractivity contribution >= 4 is 9.84 Å². The molecule has 0 N–H and O–H groups in total. The zero-order valence-electron chi connectivity index (χ0n) is 14.0. The molecule has 124 valence electrons. The minimum absolute atomic E-state index is 0.108. The average molecular weight is 333 g/mol. The molecule has 0 atom stereocenters. The Morgan fingerprint density at radius 1 is 1.13 bits per heavy atom. The number of nitrogens with zero attached hydrogens (tertiary/aromatic N) is 1. The molecule has 0 saturated carbocycles. The van der Waals surface area contributed by atoms with E-state index in [9.17, 15) is 8.42 Å². The Bertz CT molecular complexity index is 777. The first-order valence-corrected chi connectivity index (χ1v) is 9.29. The van der Waals surface area contributed by atoms with E-state index < -0.39 is 9.84 Å². The first-order valence-electron chi connectivity index (χ1n) is 7.64. The van der Waals surface area contributed by atoms with Crippen molar-refractivity contribution in [2.24, 2.45) is 0 Å². The maximum absolute atomic E-state index is 12.7. The second-order valence-corrected chi connectivity index (χ2v) is 8.37. The van der Waals surface area contributed by atoms with Crippen molar-refractivity contribution in [2.75, 3.05) is 6.61 Å². The molecule has 4 nitrogen and oxygen atoms in total. The van der Waals surface area contributed by atoms with Crippen LogP contribution in [-0.4, -0.2) is 20.0 Å². The van der Waals surface area contributed by atoms with E-state index in [0.29, 0.717) is 17.9 Å². The molecular weight excluding hydrogens is 310 g/mol. The van der Waals surface area contributed by atoms with Gasteiger partial charge in [0.2, 0.25) is 0 Å². The van der Waals surface area contributed by atoms with Gasteiger partial charge in [-0.2, -0.15) is 0 Å². The highest BCUT2D eigenvalue weighted by Crippen LogP contribution is 2.26. The van der Waals surface area contributed by atoms with Crippen molar-refractivity contribution in [1.29, 1.82) is 0 Å². The van der Waals surface area contributed by atoms with Crippen LogP contribution in [0.2, 0.25) is 0 Å². The predicted octanol–water partition coefficient (Wildman–Crippen LogP) is 3.75. The van der Waals surface area contributed by atoms with E-state index in [0.717, 1.165) is 5.56 Å². The van der Waals surface area contributed by atoms with Gasteiger partial charge in [0.15, 0.2) is 14.9 Å². The van der Waals surface area contributed by atoms with E-state index in [-0.39, 0.29) is 16.2 Å². The smallest absolute Gasteiger partial charge is 0.199 e. The Labute approximate surface area is 138 Å². The normalized spacial score (nSPS) is 12.2. The second kappa shape index (κ2) is 6.71. The minimum Gasteiger partial charge on any atom is -0.494 e. The average Bonchev–Trinajstić information content (AvgIpc) is 2.48. The molecule has 0 bridgehead atoms. The first kappa shape index (κ1) is 17.5. The van der Waals surface area contributed by atoms with Crippen molar-refractivity contribution in [3.63, 3.8) is 0 Å². The van der Waals surface area contributed by atoms with E-state index in [1.165, 1.54) is 0 Å². The molecule has 0 radical (unpaired) electrons. The van der Waals surface area contributed by atoms with Gasteiger partial charge in [-0.25, -0.2) is 13.4 Å². The molecule has 1 aromatic heterocycles. The van der Waals surface area contributed by atoms with E-state index in [2.05, 4.69) is 4.98 Å². The summed E-state index contributed by atoms with van der Waals surface area (Å²) in [5.41, 5.74) is 1.47. The summed E-state index contributed by atoms with van der Waals surface area (Å²) in [5.74, 6) is 0.481. The number of ether oxygens (including phenoxy) is 1. The largest absolute Gasteiger partial charge is 0.494 e. The Balaban J connectivity index is 2.37. The summed E-state index contributed by atoms with van der Waals surface area (Å²) in [5, 5.41) is 0.108. The lowest BCUT2D eigenvalue weighted by molar-refractivity contribution is 0.337. The van der Waals surface area contributed by atoms with Gasteiger partial charge in [-0.1, -0.05) is 39.0 Å². The highest BCUT2D eigenvalue weighted by Gasteiger charge is 2.22. The molecule has 0 fully saturated rings. The lowest BCUT2D eigenvalue weighted by Gasteiger charge is -2.19. The molecular formula is C18H23NO3S. The van der Waals surface area contributed by atoms with E-state index in [1.54, 1.807) is 24.4 Å². The Kier molecular flexibility index (Phi) is 5.09. The van der Waals surface area contributed by atoms with E-state index >= 15 is 0 Å². The summed E-state index contributed by atoms with van der Waals surface area (Å²) in [6, 6.07) is 10.7. The van der Waals surface area contributed by atoms with Crippen LogP contribution < -0.4 is 4.74 Å². The molecule has 0 amide bonds. The number of pyridine rings is 1. The first-order chi connectivity index (χ1) is 10.7. The van der Waals surface area contributed by atoms with Gasteiger partial charge in [-0.05, 0) is 36.1 Å². The number of para-hydroxylation sites is 1. The Hall–Kier alpha value is -1.88. The molecule has 0 unspecified atom stereocenters. The van der Waals surface area contributed by atoms with Gasteiger partial charge in [0.25, 0.3) is 0 Å². The topological polar surface area (TPSA) is 56.3 Å². The van der Waals surface area contributed by atoms with Crippen LogP contribution in [-0.2, 0) is 21.0 Å². The van der Waals surface area contributed by atoms with E-state index in [1.807, 2.05) is 45.9 Å². The molecule has 0 saturated heterocycles. The van der Waals surface area contributed by atoms with Crippen LogP contribution in [0.25, 0.3) is 0 Å². The summed E-state index contributed by atoms with van der Waals surface area (Å²) >= 11 is 0. The van der Waals surface area contributed by atoms with Gasteiger partial charge in [0, 0.05) is 11.8 Å². The molecule has 0 spiro atoms. The van der Waals surface area contributed by atoms with Crippen LogP contribution in [0.5, 0.6) is 5.75 Å². The molecule has 1 heterocycles. The Morgan fingerprint density at radius 3 is 2.48 bits per heavy atom. The van der Waals surface area contributed by atoms with Gasteiger partial charge >= 0.3 is 0 Å². The van der Waals surface area contributed by atoms with Crippen LogP contribution in [0.15, 0.2) is 47.6 Å². The minimum atomic E-state index is -3.53. The van der Waals surface area contributed by atoms with Gasteiger partial charge in [-0.15, -0.1) is 0 Å². The van der Waals surface area contributed by atoms with Crippen LogP contribution in [0.3, 0.4) is 0 Å². The molecule has 0 aliphatic heterocycles. The number of sulfone groups is 1. The highest BCUT2D eigenvalue weighted by atomic mass is 32.2. The summed E-state index contributed by atoms with van der Waals surface area (Å²) in [4.78, 5) is 4.07. The van der Waals surface area contributed by atoms with Gasteiger partial charge < -0.3 is 4.74 Å².